The Hall–Kier alpha value is -2.82. The smallest absolute Gasteiger partial charge is 0.256 e. The molecule has 4 rings (SSSR count). The molecule has 5 nitrogen and oxygen atoms in total. The molecule has 0 spiro atoms. The van der Waals surface area contributed by atoms with Crippen molar-refractivity contribution in [3.05, 3.63) is 59.4 Å². The van der Waals surface area contributed by atoms with Crippen molar-refractivity contribution < 1.29 is 4.79 Å². The maximum Gasteiger partial charge on any atom is 0.256 e. The van der Waals surface area contributed by atoms with Crippen LogP contribution in [0.5, 0.6) is 0 Å². The van der Waals surface area contributed by atoms with Crippen LogP contribution >= 0.6 is 0 Å². The van der Waals surface area contributed by atoms with Crippen LogP contribution in [0, 0.1) is 13.8 Å². The number of hydrogen-bond donors (Lipinski definition) is 1. The van der Waals surface area contributed by atoms with E-state index in [4.69, 9.17) is 0 Å². The first kappa shape index (κ1) is 15.7. The third-order valence-corrected chi connectivity index (χ3v) is 5.16. The van der Waals surface area contributed by atoms with Crippen LogP contribution in [-0.4, -0.2) is 47.0 Å². The van der Waals surface area contributed by atoms with Gasteiger partial charge in [-0.05, 0) is 43.2 Å². The largest absolute Gasteiger partial charge is 0.368 e. The number of imidazole rings is 1. The van der Waals surface area contributed by atoms with E-state index in [0.29, 0.717) is 5.56 Å². The molecule has 0 unspecified atom stereocenters. The molecule has 0 saturated carbocycles. The number of aryl methyl sites for hydroxylation is 1. The Balaban J connectivity index is 1.51. The fraction of sp³-hybridized carbons (Fsp3) is 0.300. The number of piperazine rings is 1. The van der Waals surface area contributed by atoms with Gasteiger partial charge in [-0.25, -0.2) is 4.98 Å². The van der Waals surface area contributed by atoms with E-state index < -0.39 is 0 Å². The SMILES string of the molecule is Cc1cccc(N2CCN(C(=O)c3cccc4[nH]cnc34)CC2)c1C. The summed E-state index contributed by atoms with van der Waals surface area (Å²) in [4.78, 5) is 24.6. The molecule has 1 aliphatic rings. The van der Waals surface area contributed by atoms with Gasteiger partial charge >= 0.3 is 0 Å². The van der Waals surface area contributed by atoms with E-state index in [0.717, 1.165) is 37.2 Å². The van der Waals surface area contributed by atoms with Gasteiger partial charge in [0.05, 0.1) is 17.4 Å². The van der Waals surface area contributed by atoms with E-state index in [9.17, 15) is 4.79 Å². The Kier molecular flexibility index (Phi) is 3.92. The number of nitrogens with one attached hydrogen (secondary N) is 1. The number of carbonyl (C=O) groups is 1. The molecule has 5 heteroatoms. The second-order valence-corrected chi connectivity index (χ2v) is 6.60. The number of anilines is 1. The van der Waals surface area contributed by atoms with E-state index in [2.05, 4.69) is 46.9 Å². The van der Waals surface area contributed by atoms with Gasteiger partial charge in [0, 0.05) is 31.9 Å². The summed E-state index contributed by atoms with van der Waals surface area (Å²) in [5.41, 5.74) is 6.24. The zero-order chi connectivity index (χ0) is 17.4. The zero-order valence-electron chi connectivity index (χ0n) is 14.6. The number of carbonyl (C=O) groups excluding carboxylic acids is 1. The van der Waals surface area contributed by atoms with E-state index in [1.807, 2.05) is 23.1 Å². The van der Waals surface area contributed by atoms with Gasteiger partial charge in [-0.3, -0.25) is 4.79 Å². The summed E-state index contributed by atoms with van der Waals surface area (Å²) < 4.78 is 0. The van der Waals surface area contributed by atoms with Gasteiger partial charge in [0.2, 0.25) is 0 Å². The van der Waals surface area contributed by atoms with Gasteiger partial charge in [0.1, 0.15) is 5.52 Å². The van der Waals surface area contributed by atoms with Crippen molar-refractivity contribution in [3.8, 4) is 0 Å². The van der Waals surface area contributed by atoms with Crippen LogP contribution in [0.25, 0.3) is 11.0 Å². The summed E-state index contributed by atoms with van der Waals surface area (Å²) in [5, 5.41) is 0. The average molecular weight is 334 g/mol. The summed E-state index contributed by atoms with van der Waals surface area (Å²) in [6, 6.07) is 12.1. The Bertz CT molecular complexity index is 922. The van der Waals surface area contributed by atoms with E-state index >= 15 is 0 Å². The number of para-hydroxylation sites is 1. The summed E-state index contributed by atoms with van der Waals surface area (Å²) >= 11 is 0. The minimum absolute atomic E-state index is 0.0679. The highest BCUT2D eigenvalue weighted by Crippen LogP contribution is 2.24. The lowest BCUT2D eigenvalue weighted by Crippen LogP contribution is -2.49. The van der Waals surface area contributed by atoms with E-state index in [1.54, 1.807) is 6.33 Å². The summed E-state index contributed by atoms with van der Waals surface area (Å²) in [6.45, 7) is 7.48. The highest BCUT2D eigenvalue weighted by atomic mass is 16.2. The molecule has 0 aliphatic carbocycles. The first-order chi connectivity index (χ1) is 12.1. The number of amides is 1. The monoisotopic (exact) mass is 334 g/mol. The van der Waals surface area contributed by atoms with Crippen molar-refractivity contribution >= 4 is 22.6 Å². The first-order valence-electron chi connectivity index (χ1n) is 8.67. The lowest BCUT2D eigenvalue weighted by molar-refractivity contribution is 0.0748. The van der Waals surface area contributed by atoms with Crippen molar-refractivity contribution in [2.45, 2.75) is 13.8 Å². The highest BCUT2D eigenvalue weighted by molar-refractivity contribution is 6.04. The number of benzene rings is 2. The molecule has 2 heterocycles. The second kappa shape index (κ2) is 6.24. The third kappa shape index (κ3) is 2.76. The zero-order valence-corrected chi connectivity index (χ0v) is 14.6. The van der Waals surface area contributed by atoms with Crippen LogP contribution in [0.1, 0.15) is 21.5 Å². The van der Waals surface area contributed by atoms with Crippen molar-refractivity contribution in [2.24, 2.45) is 0 Å². The van der Waals surface area contributed by atoms with Gasteiger partial charge in [0.15, 0.2) is 0 Å². The quantitative estimate of drug-likeness (QED) is 0.783. The van der Waals surface area contributed by atoms with Crippen LogP contribution in [0.3, 0.4) is 0 Å². The molecule has 2 aromatic carbocycles. The fourth-order valence-electron chi connectivity index (χ4n) is 3.54. The molecular weight excluding hydrogens is 312 g/mol. The van der Waals surface area contributed by atoms with Crippen molar-refractivity contribution in [3.63, 3.8) is 0 Å². The number of hydrogen-bond acceptors (Lipinski definition) is 3. The molecule has 1 N–H and O–H groups in total. The van der Waals surface area contributed by atoms with Crippen LogP contribution in [0.15, 0.2) is 42.7 Å². The van der Waals surface area contributed by atoms with E-state index in [1.165, 1.54) is 16.8 Å². The third-order valence-electron chi connectivity index (χ3n) is 5.16. The van der Waals surface area contributed by atoms with Crippen LogP contribution in [0.4, 0.5) is 5.69 Å². The Labute approximate surface area is 147 Å². The summed E-state index contributed by atoms with van der Waals surface area (Å²) in [6.07, 6.45) is 1.64. The fourth-order valence-corrected chi connectivity index (χ4v) is 3.54. The topological polar surface area (TPSA) is 52.2 Å². The van der Waals surface area contributed by atoms with Gasteiger partial charge in [0.25, 0.3) is 5.91 Å². The van der Waals surface area contributed by atoms with Crippen molar-refractivity contribution in [2.75, 3.05) is 31.1 Å². The molecule has 1 aliphatic heterocycles. The number of aromatic amines is 1. The number of aromatic nitrogens is 2. The van der Waals surface area contributed by atoms with Gasteiger partial charge < -0.3 is 14.8 Å². The minimum Gasteiger partial charge on any atom is -0.368 e. The average Bonchev–Trinajstić information content (AvgIpc) is 3.12. The molecule has 0 bridgehead atoms. The molecule has 1 aromatic heterocycles. The maximum absolute atomic E-state index is 12.9. The normalized spacial score (nSPS) is 15.0. The first-order valence-corrected chi connectivity index (χ1v) is 8.67. The molecule has 25 heavy (non-hydrogen) atoms. The minimum atomic E-state index is 0.0679. The van der Waals surface area contributed by atoms with Crippen molar-refractivity contribution in [1.29, 1.82) is 0 Å². The standard InChI is InChI=1S/C20H22N4O/c1-14-5-3-8-18(15(14)2)23-9-11-24(12-10-23)20(25)16-6-4-7-17-19(16)22-13-21-17/h3-8,13H,9-12H2,1-2H3,(H,21,22). The van der Waals surface area contributed by atoms with Crippen LogP contribution in [0.2, 0.25) is 0 Å². The Morgan fingerprint density at radius 3 is 2.60 bits per heavy atom. The van der Waals surface area contributed by atoms with Crippen molar-refractivity contribution in [1.82, 2.24) is 14.9 Å². The lowest BCUT2D eigenvalue weighted by atomic mass is 10.1. The molecule has 0 atom stereocenters. The summed E-state index contributed by atoms with van der Waals surface area (Å²) in [7, 11) is 0. The summed E-state index contributed by atoms with van der Waals surface area (Å²) in [5.74, 6) is 0.0679. The van der Waals surface area contributed by atoms with E-state index in [-0.39, 0.29) is 5.91 Å². The molecule has 0 radical (unpaired) electrons. The number of H-pyrrole nitrogens is 1. The second-order valence-electron chi connectivity index (χ2n) is 6.60. The molecule has 1 fully saturated rings. The number of fused-ring (bicyclic) bond motifs is 1. The van der Waals surface area contributed by atoms with Gasteiger partial charge in [-0.15, -0.1) is 0 Å². The highest BCUT2D eigenvalue weighted by Gasteiger charge is 2.24. The predicted molar refractivity (Wildman–Crippen MR) is 100 cm³/mol. The lowest BCUT2D eigenvalue weighted by Gasteiger charge is -2.37. The number of rotatable bonds is 2. The number of nitrogens with zero attached hydrogens (tertiary/aromatic N) is 3. The Morgan fingerprint density at radius 2 is 1.80 bits per heavy atom. The maximum atomic E-state index is 12.9. The molecule has 3 aromatic rings. The van der Waals surface area contributed by atoms with Gasteiger partial charge in [-0.2, -0.15) is 0 Å². The predicted octanol–water partition coefficient (Wildman–Crippen LogP) is 3.14. The molecular formula is C20H22N4O. The van der Waals surface area contributed by atoms with Gasteiger partial charge in [-0.1, -0.05) is 18.2 Å². The Morgan fingerprint density at radius 1 is 1.04 bits per heavy atom. The molecule has 1 saturated heterocycles. The molecule has 1 amide bonds. The van der Waals surface area contributed by atoms with Crippen LogP contribution < -0.4 is 4.90 Å². The van der Waals surface area contributed by atoms with Crippen LogP contribution in [-0.2, 0) is 0 Å². The molecule has 128 valence electrons.